The molecule has 2 rings (SSSR count). The Balaban J connectivity index is 2.03. The Bertz CT molecular complexity index is 862. The Hall–Kier alpha value is -3.10. The lowest BCUT2D eigenvalue weighted by Crippen LogP contribution is -2.46. The number of halogens is 1. The Labute approximate surface area is 155 Å². The molecular formula is C18H22FN3O5. The van der Waals surface area contributed by atoms with E-state index in [-0.39, 0.29) is 23.5 Å². The van der Waals surface area contributed by atoms with Crippen LogP contribution in [-0.2, 0) is 9.59 Å². The van der Waals surface area contributed by atoms with Gasteiger partial charge in [0.2, 0.25) is 5.91 Å². The van der Waals surface area contributed by atoms with Crippen molar-refractivity contribution in [2.24, 2.45) is 5.92 Å². The predicted octanol–water partition coefficient (Wildman–Crippen LogP) is 1.66. The second-order valence-corrected chi connectivity index (χ2v) is 6.49. The number of carbonyl (C=O) groups is 3. The van der Waals surface area contributed by atoms with Gasteiger partial charge in [0.1, 0.15) is 23.3 Å². The Kier molecular flexibility index (Phi) is 6.38. The number of nitrogens with one attached hydrogen (secondary N) is 3. The highest BCUT2D eigenvalue weighted by molar-refractivity contribution is 6.01. The lowest BCUT2D eigenvalue weighted by Gasteiger charge is -2.16. The molecule has 0 spiro atoms. The van der Waals surface area contributed by atoms with Gasteiger partial charge in [0.25, 0.3) is 5.91 Å². The first-order valence-corrected chi connectivity index (χ1v) is 8.38. The number of carboxylic acid groups (broad SMARTS) is 1. The molecule has 1 aromatic carbocycles. The van der Waals surface area contributed by atoms with Crippen LogP contribution in [0.2, 0.25) is 0 Å². The third-order valence-electron chi connectivity index (χ3n) is 3.92. The fourth-order valence-electron chi connectivity index (χ4n) is 2.65. The molecule has 0 saturated carbocycles. The lowest BCUT2D eigenvalue weighted by molar-refractivity contribution is -0.142. The van der Waals surface area contributed by atoms with E-state index in [1.165, 1.54) is 25.3 Å². The van der Waals surface area contributed by atoms with Crippen LogP contribution in [0.1, 0.15) is 30.8 Å². The van der Waals surface area contributed by atoms with Crippen LogP contribution in [0.4, 0.5) is 4.39 Å². The van der Waals surface area contributed by atoms with Gasteiger partial charge in [-0.25, -0.2) is 9.18 Å². The number of amides is 2. The second kappa shape index (κ2) is 8.52. The average molecular weight is 379 g/mol. The van der Waals surface area contributed by atoms with Crippen molar-refractivity contribution in [3.05, 3.63) is 29.7 Å². The number of ether oxygens (including phenoxy) is 1. The standard InChI is InChI=1S/C18H22FN3O5/c1-9(2)6-13(18(25)26)21-15(23)8-20-17(24)12-7-10-14(27-3)5-4-11(19)16(10)22-12/h4-5,7,9,13,22H,6,8H2,1-3H3,(H,20,24)(H,21,23)(H,25,26)/t13-/m0/s1. The predicted molar refractivity (Wildman–Crippen MR) is 96.2 cm³/mol. The summed E-state index contributed by atoms with van der Waals surface area (Å²) in [5.41, 5.74) is 0.171. The van der Waals surface area contributed by atoms with E-state index in [1.807, 2.05) is 13.8 Å². The van der Waals surface area contributed by atoms with Gasteiger partial charge in [-0.1, -0.05) is 13.8 Å². The number of rotatable bonds is 8. The molecule has 0 aliphatic heterocycles. The zero-order valence-electron chi connectivity index (χ0n) is 15.3. The Morgan fingerprint density at radius 3 is 2.59 bits per heavy atom. The van der Waals surface area contributed by atoms with Crippen molar-refractivity contribution in [2.45, 2.75) is 26.3 Å². The summed E-state index contributed by atoms with van der Waals surface area (Å²) in [7, 11) is 1.43. The van der Waals surface area contributed by atoms with Crippen molar-refractivity contribution in [3.63, 3.8) is 0 Å². The van der Waals surface area contributed by atoms with E-state index in [0.717, 1.165) is 0 Å². The van der Waals surface area contributed by atoms with Gasteiger partial charge in [0, 0.05) is 5.39 Å². The van der Waals surface area contributed by atoms with Crippen LogP contribution in [0, 0.1) is 11.7 Å². The summed E-state index contributed by atoms with van der Waals surface area (Å²) in [5.74, 6) is -2.45. The number of hydrogen-bond donors (Lipinski definition) is 4. The van der Waals surface area contributed by atoms with Crippen molar-refractivity contribution in [1.29, 1.82) is 0 Å². The number of aromatic amines is 1. The first-order chi connectivity index (χ1) is 12.7. The average Bonchev–Trinajstić information content (AvgIpc) is 3.05. The SMILES string of the molecule is COc1ccc(F)c2[nH]c(C(=O)NCC(=O)N[C@@H](CC(C)C)C(=O)O)cc12. The van der Waals surface area contributed by atoms with Crippen molar-refractivity contribution in [2.75, 3.05) is 13.7 Å². The molecule has 4 N–H and O–H groups in total. The van der Waals surface area contributed by atoms with Gasteiger partial charge in [0.15, 0.2) is 0 Å². The summed E-state index contributed by atoms with van der Waals surface area (Å²) in [5, 5.41) is 14.3. The molecule has 146 valence electrons. The topological polar surface area (TPSA) is 121 Å². The summed E-state index contributed by atoms with van der Waals surface area (Å²) >= 11 is 0. The van der Waals surface area contributed by atoms with Crippen molar-refractivity contribution in [3.8, 4) is 5.75 Å². The van der Waals surface area contributed by atoms with E-state index in [9.17, 15) is 18.8 Å². The number of carbonyl (C=O) groups excluding carboxylic acids is 2. The summed E-state index contributed by atoms with van der Waals surface area (Å²) in [6, 6.07) is 3.05. The smallest absolute Gasteiger partial charge is 0.326 e. The normalized spacial score (nSPS) is 12.0. The monoisotopic (exact) mass is 379 g/mol. The molecule has 0 fully saturated rings. The Morgan fingerprint density at radius 2 is 2.00 bits per heavy atom. The minimum absolute atomic E-state index is 0.0539. The molecule has 2 aromatic rings. The van der Waals surface area contributed by atoms with E-state index in [4.69, 9.17) is 9.84 Å². The largest absolute Gasteiger partial charge is 0.496 e. The van der Waals surface area contributed by atoms with Crippen LogP contribution in [-0.4, -0.2) is 47.6 Å². The van der Waals surface area contributed by atoms with Gasteiger partial charge >= 0.3 is 5.97 Å². The number of aromatic nitrogens is 1. The second-order valence-electron chi connectivity index (χ2n) is 6.49. The zero-order valence-corrected chi connectivity index (χ0v) is 15.3. The molecular weight excluding hydrogens is 357 g/mol. The zero-order chi connectivity index (χ0) is 20.1. The third kappa shape index (κ3) is 4.96. The third-order valence-corrected chi connectivity index (χ3v) is 3.92. The minimum Gasteiger partial charge on any atom is -0.496 e. The van der Waals surface area contributed by atoms with Crippen molar-refractivity contribution in [1.82, 2.24) is 15.6 Å². The van der Waals surface area contributed by atoms with Gasteiger partial charge in [0.05, 0.1) is 19.2 Å². The Morgan fingerprint density at radius 1 is 1.30 bits per heavy atom. The van der Waals surface area contributed by atoms with E-state index in [0.29, 0.717) is 11.1 Å². The molecule has 0 aliphatic rings. The summed E-state index contributed by atoms with van der Waals surface area (Å²) in [6.45, 7) is 3.27. The molecule has 2 amide bonds. The maximum Gasteiger partial charge on any atom is 0.326 e. The number of methoxy groups -OCH3 is 1. The van der Waals surface area contributed by atoms with E-state index in [1.54, 1.807) is 0 Å². The van der Waals surface area contributed by atoms with Crippen LogP contribution in [0.15, 0.2) is 18.2 Å². The molecule has 0 saturated heterocycles. The van der Waals surface area contributed by atoms with Gasteiger partial charge < -0.3 is 25.5 Å². The molecule has 1 heterocycles. The van der Waals surface area contributed by atoms with Gasteiger partial charge in [-0.15, -0.1) is 0 Å². The summed E-state index contributed by atoms with van der Waals surface area (Å²) in [4.78, 5) is 38.0. The molecule has 0 unspecified atom stereocenters. The highest BCUT2D eigenvalue weighted by atomic mass is 19.1. The number of aliphatic carboxylic acids is 1. The molecule has 0 bridgehead atoms. The molecule has 27 heavy (non-hydrogen) atoms. The maximum absolute atomic E-state index is 13.9. The lowest BCUT2D eigenvalue weighted by atomic mass is 10.0. The van der Waals surface area contributed by atoms with Crippen molar-refractivity contribution >= 4 is 28.7 Å². The fourth-order valence-corrected chi connectivity index (χ4v) is 2.65. The quantitative estimate of drug-likeness (QED) is 0.556. The molecule has 0 aliphatic carbocycles. The molecule has 8 nitrogen and oxygen atoms in total. The highest BCUT2D eigenvalue weighted by Gasteiger charge is 2.21. The first kappa shape index (κ1) is 20.2. The minimum atomic E-state index is -1.14. The first-order valence-electron chi connectivity index (χ1n) is 8.38. The number of fused-ring (bicyclic) bond motifs is 1. The molecule has 0 radical (unpaired) electrons. The number of carboxylic acids is 1. The van der Waals surface area contributed by atoms with E-state index >= 15 is 0 Å². The van der Waals surface area contributed by atoms with Gasteiger partial charge in [-0.05, 0) is 30.5 Å². The molecule has 1 atom stereocenters. The fraction of sp³-hybridized carbons (Fsp3) is 0.389. The van der Waals surface area contributed by atoms with Crippen LogP contribution in [0.5, 0.6) is 5.75 Å². The number of hydrogen-bond acceptors (Lipinski definition) is 4. The number of benzene rings is 1. The van der Waals surface area contributed by atoms with Crippen molar-refractivity contribution < 1.29 is 28.6 Å². The van der Waals surface area contributed by atoms with E-state index in [2.05, 4.69) is 15.6 Å². The van der Waals surface area contributed by atoms with Crippen LogP contribution < -0.4 is 15.4 Å². The molecule has 1 aromatic heterocycles. The van der Waals surface area contributed by atoms with Gasteiger partial charge in [-0.3, -0.25) is 9.59 Å². The molecule has 9 heteroatoms. The summed E-state index contributed by atoms with van der Waals surface area (Å²) in [6.07, 6.45) is 0.274. The number of H-pyrrole nitrogens is 1. The van der Waals surface area contributed by atoms with Crippen LogP contribution in [0.25, 0.3) is 10.9 Å². The van der Waals surface area contributed by atoms with E-state index < -0.39 is 36.2 Å². The maximum atomic E-state index is 13.9. The van der Waals surface area contributed by atoms with Crippen LogP contribution in [0.3, 0.4) is 0 Å². The van der Waals surface area contributed by atoms with Crippen LogP contribution >= 0.6 is 0 Å². The highest BCUT2D eigenvalue weighted by Crippen LogP contribution is 2.28. The van der Waals surface area contributed by atoms with Gasteiger partial charge in [-0.2, -0.15) is 0 Å². The summed E-state index contributed by atoms with van der Waals surface area (Å²) < 4.78 is 19.0.